The molecule has 0 fully saturated rings. The fourth-order valence-corrected chi connectivity index (χ4v) is 2.81. The number of methoxy groups -OCH3 is 1. The zero-order valence-electron chi connectivity index (χ0n) is 15.0. The van der Waals surface area contributed by atoms with Crippen LogP contribution in [0.15, 0.2) is 55.2 Å². The van der Waals surface area contributed by atoms with E-state index >= 15 is 0 Å². The fourth-order valence-electron chi connectivity index (χ4n) is 2.81. The first-order chi connectivity index (χ1) is 13.7. The minimum Gasteiger partial charge on any atom is -0.497 e. The molecule has 0 spiro atoms. The molecule has 4 aromatic rings. The Labute approximate surface area is 159 Å². The van der Waals surface area contributed by atoms with Gasteiger partial charge in [-0.05, 0) is 24.3 Å². The Kier molecular flexibility index (Phi) is 4.71. The number of imidazole rings is 1. The number of aromatic nitrogens is 5. The van der Waals surface area contributed by atoms with Gasteiger partial charge in [0.05, 0.1) is 25.3 Å². The molecule has 1 aromatic carbocycles. The van der Waals surface area contributed by atoms with Crippen molar-refractivity contribution < 1.29 is 13.9 Å². The zero-order chi connectivity index (χ0) is 19.5. The Morgan fingerprint density at radius 2 is 2.11 bits per heavy atom. The number of carbonyl (C=O) groups excluding carboxylic acids is 1. The Morgan fingerprint density at radius 1 is 1.29 bits per heavy atom. The molecule has 0 aliphatic heterocycles. The monoisotopic (exact) mass is 380 g/mol. The van der Waals surface area contributed by atoms with Gasteiger partial charge in [-0.25, -0.2) is 9.97 Å². The van der Waals surface area contributed by atoms with E-state index in [1.165, 1.54) is 12.3 Å². The number of nitrogens with zero attached hydrogens (tertiary/aromatic N) is 5. The molecule has 0 atom stereocenters. The number of hydrogen-bond acceptors (Lipinski definition) is 5. The third-order valence-electron chi connectivity index (χ3n) is 4.27. The molecule has 0 aliphatic carbocycles. The highest BCUT2D eigenvalue weighted by Crippen LogP contribution is 2.23. The number of halogens is 1. The summed E-state index contributed by atoms with van der Waals surface area (Å²) >= 11 is 0. The zero-order valence-corrected chi connectivity index (χ0v) is 15.0. The molecule has 1 amide bonds. The number of fused-ring (bicyclic) bond motifs is 1. The van der Waals surface area contributed by atoms with Gasteiger partial charge in [0.25, 0.3) is 5.91 Å². The highest BCUT2D eigenvalue weighted by atomic mass is 19.1. The highest BCUT2D eigenvalue weighted by Gasteiger charge is 2.17. The van der Waals surface area contributed by atoms with Crippen LogP contribution in [0.3, 0.4) is 0 Å². The van der Waals surface area contributed by atoms with Crippen molar-refractivity contribution in [2.24, 2.45) is 0 Å². The first-order valence-electron chi connectivity index (χ1n) is 8.58. The summed E-state index contributed by atoms with van der Waals surface area (Å²) < 4.78 is 22.5. The molecule has 8 nitrogen and oxygen atoms in total. The summed E-state index contributed by atoms with van der Waals surface area (Å²) in [5.74, 6) is -0.283. The summed E-state index contributed by atoms with van der Waals surface area (Å²) in [6, 6.07) is 8.36. The van der Waals surface area contributed by atoms with Crippen LogP contribution in [0, 0.1) is 5.95 Å². The molecule has 0 saturated carbocycles. The minimum atomic E-state index is -0.603. The average Bonchev–Trinajstić information content (AvgIpc) is 3.38. The lowest BCUT2D eigenvalue weighted by molar-refractivity contribution is 0.0953. The number of hydrogen-bond donors (Lipinski definition) is 1. The topological polar surface area (TPSA) is 86.3 Å². The number of ether oxygens (including phenoxy) is 1. The Hall–Kier alpha value is -3.75. The van der Waals surface area contributed by atoms with E-state index in [0.717, 1.165) is 4.52 Å². The van der Waals surface area contributed by atoms with Gasteiger partial charge in [-0.1, -0.05) is 0 Å². The summed E-state index contributed by atoms with van der Waals surface area (Å²) in [6.45, 7) is 0.969. The van der Waals surface area contributed by atoms with Gasteiger partial charge in [0.2, 0.25) is 5.95 Å². The smallest absolute Gasteiger partial charge is 0.256 e. The fraction of sp³-hybridized carbons (Fsp3) is 0.158. The van der Waals surface area contributed by atoms with Crippen LogP contribution in [0.4, 0.5) is 4.39 Å². The van der Waals surface area contributed by atoms with Crippen molar-refractivity contribution in [1.82, 2.24) is 29.5 Å². The van der Waals surface area contributed by atoms with Crippen LogP contribution in [0.25, 0.3) is 16.9 Å². The van der Waals surface area contributed by atoms with E-state index in [9.17, 15) is 9.18 Å². The number of nitrogens with one attached hydrogen (secondary N) is 1. The van der Waals surface area contributed by atoms with E-state index in [1.54, 1.807) is 50.1 Å². The van der Waals surface area contributed by atoms with Crippen LogP contribution in [0.5, 0.6) is 5.75 Å². The van der Waals surface area contributed by atoms with Gasteiger partial charge < -0.3 is 14.6 Å². The van der Waals surface area contributed by atoms with Gasteiger partial charge in [0.15, 0.2) is 5.65 Å². The van der Waals surface area contributed by atoms with Crippen molar-refractivity contribution in [1.29, 1.82) is 0 Å². The third kappa shape index (κ3) is 3.41. The van der Waals surface area contributed by atoms with E-state index in [2.05, 4.69) is 20.4 Å². The van der Waals surface area contributed by atoms with Crippen LogP contribution in [-0.2, 0) is 6.54 Å². The summed E-state index contributed by atoms with van der Waals surface area (Å²) in [5.41, 5.74) is 1.47. The second-order valence-electron chi connectivity index (χ2n) is 6.04. The van der Waals surface area contributed by atoms with Crippen molar-refractivity contribution in [2.45, 2.75) is 6.54 Å². The predicted molar refractivity (Wildman–Crippen MR) is 99.5 cm³/mol. The van der Waals surface area contributed by atoms with Crippen LogP contribution >= 0.6 is 0 Å². The van der Waals surface area contributed by atoms with E-state index in [0.29, 0.717) is 30.1 Å². The number of amides is 1. The first kappa shape index (κ1) is 17.7. The summed E-state index contributed by atoms with van der Waals surface area (Å²) in [4.78, 5) is 20.9. The molecule has 1 N–H and O–H groups in total. The van der Waals surface area contributed by atoms with Gasteiger partial charge in [0, 0.05) is 37.1 Å². The maximum Gasteiger partial charge on any atom is 0.256 e. The molecule has 0 unspecified atom stereocenters. The number of carbonyl (C=O) groups is 1. The Balaban J connectivity index is 1.60. The van der Waals surface area contributed by atoms with Gasteiger partial charge in [-0.2, -0.15) is 14.0 Å². The van der Waals surface area contributed by atoms with Crippen LogP contribution < -0.4 is 10.1 Å². The molecule has 0 bridgehead atoms. The van der Waals surface area contributed by atoms with Crippen molar-refractivity contribution >= 4 is 11.6 Å². The van der Waals surface area contributed by atoms with Crippen molar-refractivity contribution in [2.75, 3.05) is 13.7 Å². The predicted octanol–water partition coefficient (Wildman–Crippen LogP) is 2.17. The van der Waals surface area contributed by atoms with E-state index < -0.39 is 5.95 Å². The molecule has 0 aliphatic rings. The molecule has 3 aromatic heterocycles. The summed E-state index contributed by atoms with van der Waals surface area (Å²) in [7, 11) is 1.57. The first-order valence-corrected chi connectivity index (χ1v) is 8.58. The van der Waals surface area contributed by atoms with Crippen molar-refractivity contribution in [3.63, 3.8) is 0 Å². The summed E-state index contributed by atoms with van der Waals surface area (Å²) in [6.07, 6.45) is 6.45. The van der Waals surface area contributed by atoms with E-state index in [4.69, 9.17) is 4.74 Å². The maximum atomic E-state index is 14.5. The molecule has 9 heteroatoms. The van der Waals surface area contributed by atoms with Crippen molar-refractivity contribution in [3.05, 3.63) is 66.8 Å². The molecular weight excluding hydrogens is 363 g/mol. The van der Waals surface area contributed by atoms with Crippen LogP contribution in [0.1, 0.15) is 10.4 Å². The molecule has 4 rings (SSSR count). The SMILES string of the molecule is COc1ccc(-c2cc(F)n3ncc(C(=O)NCCn4ccnc4)c3n2)cc1. The highest BCUT2D eigenvalue weighted by molar-refractivity contribution is 5.99. The van der Waals surface area contributed by atoms with E-state index in [1.807, 2.05) is 4.57 Å². The maximum absolute atomic E-state index is 14.5. The third-order valence-corrected chi connectivity index (χ3v) is 4.27. The Bertz CT molecular complexity index is 1110. The van der Waals surface area contributed by atoms with Crippen LogP contribution in [-0.4, -0.2) is 43.7 Å². The average molecular weight is 380 g/mol. The molecule has 3 heterocycles. The summed E-state index contributed by atoms with van der Waals surface area (Å²) in [5, 5.41) is 6.73. The lowest BCUT2D eigenvalue weighted by Gasteiger charge is -2.07. The lowest BCUT2D eigenvalue weighted by atomic mass is 10.1. The van der Waals surface area contributed by atoms with Gasteiger partial charge in [-0.15, -0.1) is 0 Å². The quantitative estimate of drug-likeness (QED) is 0.518. The number of benzene rings is 1. The molecule has 0 radical (unpaired) electrons. The Morgan fingerprint density at radius 3 is 2.82 bits per heavy atom. The van der Waals surface area contributed by atoms with Gasteiger partial charge in [-0.3, -0.25) is 4.79 Å². The van der Waals surface area contributed by atoms with Crippen LogP contribution in [0.2, 0.25) is 0 Å². The molecular formula is C19H17FN6O2. The second kappa shape index (κ2) is 7.47. The van der Waals surface area contributed by atoms with Gasteiger partial charge in [0.1, 0.15) is 11.3 Å². The second-order valence-corrected chi connectivity index (χ2v) is 6.04. The molecule has 142 valence electrons. The van der Waals surface area contributed by atoms with Crippen molar-refractivity contribution in [3.8, 4) is 17.0 Å². The standard InChI is InChI=1S/C19H17FN6O2/c1-28-14-4-2-13(3-5-14)16-10-17(20)26-18(24-16)15(11-23-26)19(27)22-7-9-25-8-6-21-12-25/h2-6,8,10-12H,7,9H2,1H3,(H,22,27). The normalized spacial score (nSPS) is 10.9. The van der Waals surface area contributed by atoms with Gasteiger partial charge >= 0.3 is 0 Å². The molecule has 28 heavy (non-hydrogen) atoms. The molecule has 0 saturated heterocycles. The minimum absolute atomic E-state index is 0.158. The van der Waals surface area contributed by atoms with E-state index in [-0.39, 0.29) is 17.1 Å². The largest absolute Gasteiger partial charge is 0.497 e. The lowest BCUT2D eigenvalue weighted by Crippen LogP contribution is -2.27. The number of rotatable bonds is 6.